The zero-order valence-corrected chi connectivity index (χ0v) is 10.0. The van der Waals surface area contributed by atoms with Crippen molar-refractivity contribution < 1.29 is 9.84 Å². The summed E-state index contributed by atoms with van der Waals surface area (Å²) in [6, 6.07) is 7.88. The first-order valence-corrected chi connectivity index (χ1v) is 5.81. The number of unbranched alkanes of at least 4 members (excludes halogenated alkanes) is 1. The molecule has 0 radical (unpaired) electrons. The van der Waals surface area contributed by atoms with Crippen molar-refractivity contribution in [3.8, 4) is 5.75 Å². The summed E-state index contributed by atoms with van der Waals surface area (Å²) in [7, 11) is 0. The molecular weight excluding hydrogens is 200 g/mol. The van der Waals surface area contributed by atoms with Crippen LogP contribution in [0.3, 0.4) is 0 Å². The summed E-state index contributed by atoms with van der Waals surface area (Å²) in [6.45, 7) is 4.66. The lowest BCUT2D eigenvalue weighted by Crippen LogP contribution is -1.96. The van der Waals surface area contributed by atoms with Gasteiger partial charge in [0, 0.05) is 0 Å². The predicted molar refractivity (Wildman–Crippen MR) is 67.6 cm³/mol. The molecule has 1 rings (SSSR count). The Hall–Kier alpha value is -1.28. The number of aliphatic hydroxyl groups is 1. The van der Waals surface area contributed by atoms with Gasteiger partial charge in [0.15, 0.2) is 0 Å². The van der Waals surface area contributed by atoms with Crippen molar-refractivity contribution in [1.82, 2.24) is 0 Å². The summed E-state index contributed by atoms with van der Waals surface area (Å²) in [4.78, 5) is 0. The molecule has 0 aromatic heterocycles. The molecule has 2 nitrogen and oxygen atoms in total. The second-order valence-electron chi connectivity index (χ2n) is 3.87. The Morgan fingerprint density at radius 1 is 1.31 bits per heavy atom. The summed E-state index contributed by atoms with van der Waals surface area (Å²) in [5, 5.41) is 9.10. The molecule has 0 bridgehead atoms. The maximum atomic E-state index is 9.10. The smallest absolute Gasteiger partial charge is 0.119 e. The summed E-state index contributed by atoms with van der Waals surface area (Å²) in [6.07, 6.45) is 5.49. The van der Waals surface area contributed by atoms with Crippen molar-refractivity contribution in [2.75, 3.05) is 6.61 Å². The minimum Gasteiger partial charge on any atom is -0.494 e. The van der Waals surface area contributed by atoms with E-state index in [0.717, 1.165) is 30.8 Å². The monoisotopic (exact) mass is 220 g/mol. The molecule has 88 valence electrons. The average Bonchev–Trinajstić information content (AvgIpc) is 2.28. The van der Waals surface area contributed by atoms with Crippen molar-refractivity contribution >= 4 is 6.08 Å². The molecule has 0 spiro atoms. The molecule has 0 aliphatic carbocycles. The van der Waals surface area contributed by atoms with Crippen LogP contribution in [0.1, 0.15) is 32.3 Å². The lowest BCUT2D eigenvalue weighted by molar-refractivity contribution is 0.245. The van der Waals surface area contributed by atoms with Gasteiger partial charge in [0.25, 0.3) is 0 Å². The third-order valence-corrected chi connectivity index (χ3v) is 2.21. The van der Waals surface area contributed by atoms with Gasteiger partial charge in [0.2, 0.25) is 0 Å². The topological polar surface area (TPSA) is 29.5 Å². The van der Waals surface area contributed by atoms with Gasteiger partial charge in [0.05, 0.1) is 12.7 Å². The Morgan fingerprint density at radius 2 is 2.00 bits per heavy atom. The summed E-state index contributed by atoms with van der Waals surface area (Å²) >= 11 is 0. The Bertz CT molecular complexity index is 312. The highest BCUT2D eigenvalue weighted by Crippen LogP contribution is 2.13. The highest BCUT2D eigenvalue weighted by molar-refractivity contribution is 5.50. The van der Waals surface area contributed by atoms with Crippen LogP contribution in [0.15, 0.2) is 30.3 Å². The van der Waals surface area contributed by atoms with Crippen molar-refractivity contribution in [1.29, 1.82) is 0 Å². The minimum atomic E-state index is -0.402. The highest BCUT2D eigenvalue weighted by Gasteiger charge is 1.93. The van der Waals surface area contributed by atoms with Crippen LogP contribution in [0.2, 0.25) is 0 Å². The quantitative estimate of drug-likeness (QED) is 0.746. The molecule has 0 fully saturated rings. The molecule has 16 heavy (non-hydrogen) atoms. The number of rotatable bonds is 6. The normalized spacial score (nSPS) is 12.9. The molecule has 0 aliphatic rings. The van der Waals surface area contributed by atoms with E-state index in [0.29, 0.717) is 0 Å². The van der Waals surface area contributed by atoms with E-state index in [4.69, 9.17) is 9.84 Å². The van der Waals surface area contributed by atoms with E-state index in [1.54, 1.807) is 13.0 Å². The molecule has 1 atom stereocenters. The van der Waals surface area contributed by atoms with Crippen LogP contribution in [0.25, 0.3) is 6.08 Å². The van der Waals surface area contributed by atoms with Crippen LogP contribution >= 0.6 is 0 Å². The van der Waals surface area contributed by atoms with Crippen LogP contribution in [0.5, 0.6) is 5.75 Å². The zero-order valence-electron chi connectivity index (χ0n) is 10.0. The fourth-order valence-corrected chi connectivity index (χ4v) is 1.26. The van der Waals surface area contributed by atoms with Gasteiger partial charge < -0.3 is 9.84 Å². The maximum absolute atomic E-state index is 9.10. The SMILES string of the molecule is CCCCOc1ccc(/C=C/C(C)O)cc1. The van der Waals surface area contributed by atoms with Gasteiger partial charge in [0.1, 0.15) is 5.75 Å². The summed E-state index contributed by atoms with van der Waals surface area (Å²) < 4.78 is 5.55. The molecule has 2 heteroatoms. The molecule has 0 heterocycles. The van der Waals surface area contributed by atoms with Crippen LogP contribution in [-0.4, -0.2) is 17.8 Å². The first kappa shape index (κ1) is 12.8. The van der Waals surface area contributed by atoms with E-state index in [9.17, 15) is 0 Å². The zero-order chi connectivity index (χ0) is 11.8. The fraction of sp³-hybridized carbons (Fsp3) is 0.429. The fourth-order valence-electron chi connectivity index (χ4n) is 1.26. The molecule has 1 aromatic carbocycles. The number of benzene rings is 1. The van der Waals surface area contributed by atoms with Crippen molar-refractivity contribution in [3.05, 3.63) is 35.9 Å². The number of ether oxygens (including phenoxy) is 1. The second kappa shape index (κ2) is 7.07. The van der Waals surface area contributed by atoms with E-state index >= 15 is 0 Å². The lowest BCUT2D eigenvalue weighted by atomic mass is 10.2. The Kier molecular flexibility index (Phi) is 5.65. The maximum Gasteiger partial charge on any atom is 0.119 e. The summed E-state index contributed by atoms with van der Waals surface area (Å²) in [5.41, 5.74) is 1.07. The molecule has 1 aromatic rings. The third-order valence-electron chi connectivity index (χ3n) is 2.21. The standard InChI is InChI=1S/C14H20O2/c1-3-4-11-16-14-9-7-13(8-10-14)6-5-12(2)15/h5-10,12,15H,3-4,11H2,1-2H3/b6-5+. The Morgan fingerprint density at radius 3 is 2.56 bits per heavy atom. The third kappa shape index (κ3) is 4.99. The van der Waals surface area contributed by atoms with Gasteiger partial charge in [-0.25, -0.2) is 0 Å². The summed E-state index contributed by atoms with van der Waals surface area (Å²) in [5.74, 6) is 0.905. The van der Waals surface area contributed by atoms with E-state index in [1.807, 2.05) is 30.3 Å². The van der Waals surface area contributed by atoms with E-state index in [-0.39, 0.29) is 0 Å². The first-order valence-electron chi connectivity index (χ1n) is 5.81. The lowest BCUT2D eigenvalue weighted by Gasteiger charge is -2.05. The molecule has 0 aliphatic heterocycles. The average molecular weight is 220 g/mol. The molecule has 1 unspecified atom stereocenters. The van der Waals surface area contributed by atoms with E-state index in [1.165, 1.54) is 0 Å². The predicted octanol–water partition coefficient (Wildman–Crippen LogP) is 3.26. The minimum absolute atomic E-state index is 0.402. The van der Waals surface area contributed by atoms with Gasteiger partial charge in [-0.3, -0.25) is 0 Å². The molecule has 1 N–H and O–H groups in total. The highest BCUT2D eigenvalue weighted by atomic mass is 16.5. The second-order valence-corrected chi connectivity index (χ2v) is 3.87. The van der Waals surface area contributed by atoms with Crippen molar-refractivity contribution in [2.24, 2.45) is 0 Å². The van der Waals surface area contributed by atoms with E-state index in [2.05, 4.69) is 6.92 Å². The number of aliphatic hydroxyl groups excluding tert-OH is 1. The molecule has 0 amide bonds. The van der Waals surface area contributed by atoms with Gasteiger partial charge >= 0.3 is 0 Å². The van der Waals surface area contributed by atoms with Gasteiger partial charge in [-0.2, -0.15) is 0 Å². The number of hydrogen-bond donors (Lipinski definition) is 1. The van der Waals surface area contributed by atoms with Crippen molar-refractivity contribution in [3.63, 3.8) is 0 Å². The van der Waals surface area contributed by atoms with Crippen molar-refractivity contribution in [2.45, 2.75) is 32.8 Å². The van der Waals surface area contributed by atoms with E-state index < -0.39 is 6.10 Å². The largest absolute Gasteiger partial charge is 0.494 e. The molecule has 0 saturated carbocycles. The van der Waals surface area contributed by atoms with Crippen LogP contribution in [0, 0.1) is 0 Å². The number of hydrogen-bond acceptors (Lipinski definition) is 2. The molecule has 0 saturated heterocycles. The molecular formula is C14H20O2. The van der Waals surface area contributed by atoms with Crippen LogP contribution < -0.4 is 4.74 Å². The van der Waals surface area contributed by atoms with Crippen LogP contribution in [-0.2, 0) is 0 Å². The first-order chi connectivity index (χ1) is 7.72. The van der Waals surface area contributed by atoms with Crippen LogP contribution in [0.4, 0.5) is 0 Å². The van der Waals surface area contributed by atoms with Gasteiger partial charge in [-0.15, -0.1) is 0 Å². The van der Waals surface area contributed by atoms with Gasteiger partial charge in [-0.05, 0) is 31.0 Å². The van der Waals surface area contributed by atoms with Gasteiger partial charge in [-0.1, -0.05) is 37.6 Å². The Balaban J connectivity index is 2.47. The Labute approximate surface area is 97.6 Å².